The predicted molar refractivity (Wildman–Crippen MR) is 101 cm³/mol. The smallest absolute Gasteiger partial charge is 0.181 e. The van der Waals surface area contributed by atoms with Gasteiger partial charge in [0.1, 0.15) is 5.92 Å². The van der Waals surface area contributed by atoms with E-state index in [2.05, 4.69) is 0 Å². The van der Waals surface area contributed by atoms with Crippen molar-refractivity contribution in [1.82, 2.24) is 0 Å². The Hall–Kier alpha value is -3.33. The van der Waals surface area contributed by atoms with E-state index in [1.165, 1.54) is 0 Å². The van der Waals surface area contributed by atoms with Crippen LogP contribution in [0.4, 0.5) is 0 Å². The Bertz CT molecular complexity index is 892. The first-order chi connectivity index (χ1) is 12.6. The SMILES string of the molecule is Cc1ccccc1C(=O)C(C(=O)c1ccccc1)C(=O)c1ccccc1. The minimum absolute atomic E-state index is 0.351. The maximum atomic E-state index is 13.2. The van der Waals surface area contributed by atoms with Crippen molar-refractivity contribution in [3.8, 4) is 0 Å². The molecule has 0 spiro atoms. The van der Waals surface area contributed by atoms with Crippen LogP contribution in [0.1, 0.15) is 36.6 Å². The molecule has 0 heterocycles. The zero-order chi connectivity index (χ0) is 18.5. The van der Waals surface area contributed by atoms with Crippen LogP contribution in [-0.4, -0.2) is 17.3 Å². The number of aryl methyl sites for hydroxylation is 1. The largest absolute Gasteiger partial charge is 0.293 e. The van der Waals surface area contributed by atoms with Crippen molar-refractivity contribution in [3.63, 3.8) is 0 Å². The standard InChI is InChI=1S/C23H18O3/c1-16-10-8-9-15-19(16)23(26)20(21(24)17-11-4-2-5-12-17)22(25)18-13-6-3-7-14-18/h2-15,20H,1H3. The second-order valence-corrected chi connectivity index (χ2v) is 6.07. The van der Waals surface area contributed by atoms with E-state index in [-0.39, 0.29) is 0 Å². The summed E-state index contributed by atoms with van der Waals surface area (Å²) in [5.74, 6) is -2.81. The van der Waals surface area contributed by atoms with Gasteiger partial charge in [0, 0.05) is 16.7 Å². The average molecular weight is 342 g/mol. The van der Waals surface area contributed by atoms with Gasteiger partial charge in [-0.15, -0.1) is 0 Å². The monoisotopic (exact) mass is 342 g/mol. The van der Waals surface area contributed by atoms with Crippen molar-refractivity contribution < 1.29 is 14.4 Å². The molecular formula is C23H18O3. The minimum Gasteiger partial charge on any atom is -0.293 e. The molecule has 0 N–H and O–H groups in total. The maximum Gasteiger partial charge on any atom is 0.181 e. The van der Waals surface area contributed by atoms with Crippen molar-refractivity contribution in [2.24, 2.45) is 5.92 Å². The Morgan fingerprint density at radius 3 is 1.46 bits per heavy atom. The molecule has 0 atom stereocenters. The van der Waals surface area contributed by atoms with Gasteiger partial charge >= 0.3 is 0 Å². The van der Waals surface area contributed by atoms with Crippen LogP contribution >= 0.6 is 0 Å². The van der Waals surface area contributed by atoms with Gasteiger partial charge in [-0.2, -0.15) is 0 Å². The highest BCUT2D eigenvalue weighted by Gasteiger charge is 2.36. The first kappa shape index (κ1) is 17.5. The highest BCUT2D eigenvalue weighted by molar-refractivity contribution is 6.31. The number of carbonyl (C=O) groups excluding carboxylic acids is 3. The maximum absolute atomic E-state index is 13.2. The summed E-state index contributed by atoms with van der Waals surface area (Å²) in [6.07, 6.45) is 0. The van der Waals surface area contributed by atoms with E-state index in [0.29, 0.717) is 16.7 Å². The number of carbonyl (C=O) groups is 3. The molecule has 3 aromatic rings. The van der Waals surface area contributed by atoms with E-state index in [1.54, 1.807) is 85.8 Å². The normalized spacial score (nSPS) is 10.5. The summed E-state index contributed by atoms with van der Waals surface area (Å²) in [6.45, 7) is 1.80. The van der Waals surface area contributed by atoms with Crippen LogP contribution in [0.2, 0.25) is 0 Å². The van der Waals surface area contributed by atoms with Crippen LogP contribution in [0.25, 0.3) is 0 Å². The number of hydrogen-bond donors (Lipinski definition) is 0. The Kier molecular flexibility index (Phi) is 5.18. The van der Waals surface area contributed by atoms with Gasteiger partial charge in [0.05, 0.1) is 0 Å². The summed E-state index contributed by atoms with van der Waals surface area (Å²) in [5.41, 5.74) is 1.84. The average Bonchev–Trinajstić information content (AvgIpc) is 2.69. The lowest BCUT2D eigenvalue weighted by Gasteiger charge is -2.15. The highest BCUT2D eigenvalue weighted by atomic mass is 16.2. The van der Waals surface area contributed by atoms with Gasteiger partial charge in [0.25, 0.3) is 0 Å². The molecule has 3 heteroatoms. The Morgan fingerprint density at radius 1 is 0.577 bits per heavy atom. The summed E-state index contributed by atoms with van der Waals surface area (Å²) < 4.78 is 0. The zero-order valence-corrected chi connectivity index (χ0v) is 14.4. The van der Waals surface area contributed by atoms with Gasteiger partial charge < -0.3 is 0 Å². The van der Waals surface area contributed by atoms with Crippen molar-refractivity contribution in [1.29, 1.82) is 0 Å². The molecule has 26 heavy (non-hydrogen) atoms. The Labute approximate surface area is 152 Å². The second kappa shape index (κ2) is 7.70. The predicted octanol–water partition coefficient (Wildman–Crippen LogP) is 4.56. The van der Waals surface area contributed by atoms with Crippen LogP contribution in [-0.2, 0) is 0 Å². The lowest BCUT2D eigenvalue weighted by Crippen LogP contribution is -2.32. The summed E-state index contributed by atoms with van der Waals surface area (Å²) in [4.78, 5) is 39.2. The topological polar surface area (TPSA) is 51.2 Å². The Morgan fingerprint density at radius 2 is 1.00 bits per heavy atom. The summed E-state index contributed by atoms with van der Waals surface area (Å²) in [6, 6.07) is 23.9. The van der Waals surface area contributed by atoms with Crippen molar-refractivity contribution >= 4 is 17.3 Å². The third-order valence-electron chi connectivity index (χ3n) is 4.31. The first-order valence-corrected chi connectivity index (χ1v) is 8.38. The fourth-order valence-electron chi connectivity index (χ4n) is 2.90. The molecule has 0 aliphatic carbocycles. The fraction of sp³-hybridized carbons (Fsp3) is 0.0870. The van der Waals surface area contributed by atoms with Gasteiger partial charge in [-0.3, -0.25) is 14.4 Å². The zero-order valence-electron chi connectivity index (χ0n) is 14.4. The number of hydrogen-bond acceptors (Lipinski definition) is 3. The molecule has 0 aliphatic rings. The van der Waals surface area contributed by atoms with Gasteiger partial charge in [0.15, 0.2) is 17.3 Å². The Balaban J connectivity index is 2.07. The van der Waals surface area contributed by atoms with Gasteiger partial charge in [-0.25, -0.2) is 0 Å². The van der Waals surface area contributed by atoms with Crippen LogP contribution < -0.4 is 0 Å². The molecule has 0 unspecified atom stereocenters. The molecule has 0 amide bonds. The quantitative estimate of drug-likeness (QED) is 0.487. The lowest BCUT2D eigenvalue weighted by atomic mass is 9.83. The molecule has 3 rings (SSSR count). The van der Waals surface area contributed by atoms with Crippen molar-refractivity contribution in [3.05, 3.63) is 107 Å². The van der Waals surface area contributed by atoms with Crippen molar-refractivity contribution in [2.45, 2.75) is 6.92 Å². The lowest BCUT2D eigenvalue weighted by molar-refractivity contribution is 0.0733. The van der Waals surface area contributed by atoms with Crippen LogP contribution in [0.15, 0.2) is 84.9 Å². The van der Waals surface area contributed by atoms with Gasteiger partial charge in [0.2, 0.25) is 0 Å². The van der Waals surface area contributed by atoms with Gasteiger partial charge in [-0.05, 0) is 12.5 Å². The van der Waals surface area contributed by atoms with E-state index >= 15 is 0 Å². The molecule has 0 aliphatic heterocycles. The fourth-order valence-corrected chi connectivity index (χ4v) is 2.90. The molecule has 0 aromatic heterocycles. The molecule has 0 bridgehead atoms. The van der Waals surface area contributed by atoms with Crippen molar-refractivity contribution in [2.75, 3.05) is 0 Å². The summed E-state index contributed by atoms with van der Waals surface area (Å²) >= 11 is 0. The van der Waals surface area contributed by atoms with Crippen LogP contribution in [0.3, 0.4) is 0 Å². The van der Waals surface area contributed by atoms with E-state index in [9.17, 15) is 14.4 Å². The van der Waals surface area contributed by atoms with Gasteiger partial charge in [-0.1, -0.05) is 84.9 Å². The van der Waals surface area contributed by atoms with Crippen LogP contribution in [0.5, 0.6) is 0 Å². The third-order valence-corrected chi connectivity index (χ3v) is 4.31. The third kappa shape index (κ3) is 3.52. The molecule has 0 saturated heterocycles. The number of ketones is 3. The molecule has 0 radical (unpaired) electrons. The van der Waals surface area contributed by atoms with E-state index < -0.39 is 23.3 Å². The number of Topliss-reactive ketones (excluding diaryl/α,β-unsaturated/α-hetero) is 3. The molecule has 128 valence electrons. The minimum atomic E-state index is -1.39. The van der Waals surface area contributed by atoms with E-state index in [0.717, 1.165) is 5.56 Å². The highest BCUT2D eigenvalue weighted by Crippen LogP contribution is 2.22. The second-order valence-electron chi connectivity index (χ2n) is 6.07. The van der Waals surface area contributed by atoms with E-state index in [4.69, 9.17) is 0 Å². The molecular weight excluding hydrogens is 324 g/mol. The molecule has 3 aromatic carbocycles. The van der Waals surface area contributed by atoms with Crippen LogP contribution in [0, 0.1) is 12.8 Å². The molecule has 0 saturated carbocycles. The first-order valence-electron chi connectivity index (χ1n) is 8.38. The summed E-state index contributed by atoms with van der Waals surface area (Å²) in [7, 11) is 0. The number of benzene rings is 3. The molecule has 3 nitrogen and oxygen atoms in total. The molecule has 0 fully saturated rings. The van der Waals surface area contributed by atoms with E-state index in [1.807, 2.05) is 6.07 Å². The number of rotatable bonds is 6. The summed E-state index contributed by atoms with van der Waals surface area (Å²) in [5, 5.41) is 0.